The summed E-state index contributed by atoms with van der Waals surface area (Å²) in [6, 6.07) is 4.51. The second kappa shape index (κ2) is 8.71. The third-order valence-corrected chi connectivity index (χ3v) is 5.34. The molecule has 3 rings (SSSR count). The Morgan fingerprint density at radius 2 is 2.04 bits per heavy atom. The third-order valence-electron chi connectivity index (χ3n) is 5.34. The lowest BCUT2D eigenvalue weighted by Gasteiger charge is -2.34. The number of fused-ring (bicyclic) bond motifs is 1. The van der Waals surface area contributed by atoms with Gasteiger partial charge in [-0.25, -0.2) is 9.78 Å². The average molecular weight is 374 g/mol. The summed E-state index contributed by atoms with van der Waals surface area (Å²) in [6.07, 6.45) is 0.686. The van der Waals surface area contributed by atoms with Crippen molar-refractivity contribution in [1.82, 2.24) is 25.1 Å². The first kappa shape index (κ1) is 19.6. The summed E-state index contributed by atoms with van der Waals surface area (Å²) in [5, 5.41) is 2.99. The van der Waals surface area contributed by atoms with Crippen molar-refractivity contribution in [1.29, 1.82) is 0 Å². The molecule has 2 N–H and O–H groups in total. The van der Waals surface area contributed by atoms with E-state index in [-0.39, 0.29) is 6.03 Å². The predicted octanol–water partition coefficient (Wildman–Crippen LogP) is 2.08. The third kappa shape index (κ3) is 4.99. The standard InChI is InChI=1S/C20H31N5O2/c1-14-11-17-18(12-15(14)2)23-19(22-17)5-6-21-20(26)24(4)13-16(3)25-7-9-27-10-8-25/h11-12,16H,5-10,13H2,1-4H3,(H,21,26)(H,22,23). The highest BCUT2D eigenvalue weighted by Crippen LogP contribution is 2.17. The Labute approximate surface area is 161 Å². The summed E-state index contributed by atoms with van der Waals surface area (Å²) in [7, 11) is 1.85. The summed E-state index contributed by atoms with van der Waals surface area (Å²) in [5.74, 6) is 0.902. The number of imidazole rings is 1. The highest BCUT2D eigenvalue weighted by molar-refractivity contribution is 5.77. The second-order valence-electron chi connectivity index (χ2n) is 7.50. The highest BCUT2D eigenvalue weighted by Gasteiger charge is 2.20. The molecule has 2 aromatic rings. The zero-order valence-corrected chi connectivity index (χ0v) is 16.8. The Morgan fingerprint density at radius 3 is 2.78 bits per heavy atom. The van der Waals surface area contributed by atoms with Crippen molar-refractivity contribution < 1.29 is 9.53 Å². The quantitative estimate of drug-likeness (QED) is 0.813. The van der Waals surface area contributed by atoms with Gasteiger partial charge in [0.1, 0.15) is 5.82 Å². The lowest BCUT2D eigenvalue weighted by Crippen LogP contribution is -2.49. The molecule has 1 saturated heterocycles. The molecule has 7 heteroatoms. The number of morpholine rings is 1. The molecule has 1 aromatic heterocycles. The topological polar surface area (TPSA) is 73.5 Å². The van der Waals surface area contributed by atoms with Crippen LogP contribution in [0.15, 0.2) is 12.1 Å². The summed E-state index contributed by atoms with van der Waals surface area (Å²) >= 11 is 0. The molecule has 0 saturated carbocycles. The molecule has 1 fully saturated rings. The fourth-order valence-corrected chi connectivity index (χ4v) is 3.48. The lowest BCUT2D eigenvalue weighted by atomic mass is 10.1. The molecule has 0 bridgehead atoms. The number of likely N-dealkylation sites (N-methyl/N-ethyl adjacent to an activating group) is 1. The molecule has 1 aliphatic heterocycles. The predicted molar refractivity (Wildman–Crippen MR) is 107 cm³/mol. The zero-order valence-electron chi connectivity index (χ0n) is 16.8. The molecule has 1 aromatic carbocycles. The molecule has 1 aliphatic rings. The Balaban J connectivity index is 1.45. The number of rotatable bonds is 6. The number of carbonyl (C=O) groups excluding carboxylic acids is 1. The molecule has 0 aliphatic carbocycles. The lowest BCUT2D eigenvalue weighted by molar-refractivity contribution is 0.0161. The monoisotopic (exact) mass is 373 g/mol. The van der Waals surface area contributed by atoms with Crippen LogP contribution in [0.1, 0.15) is 23.9 Å². The summed E-state index contributed by atoms with van der Waals surface area (Å²) < 4.78 is 5.39. The summed E-state index contributed by atoms with van der Waals surface area (Å²) in [4.78, 5) is 24.5. The van der Waals surface area contributed by atoms with Crippen LogP contribution in [0.4, 0.5) is 4.79 Å². The van der Waals surface area contributed by atoms with E-state index in [0.29, 0.717) is 25.6 Å². The molecule has 2 amide bonds. The van der Waals surface area contributed by atoms with E-state index in [1.165, 1.54) is 11.1 Å². The average Bonchev–Trinajstić information content (AvgIpc) is 3.04. The number of nitrogens with zero attached hydrogens (tertiary/aromatic N) is 3. The van der Waals surface area contributed by atoms with E-state index >= 15 is 0 Å². The number of carbonyl (C=O) groups is 1. The molecule has 0 radical (unpaired) electrons. The van der Waals surface area contributed by atoms with Crippen LogP contribution in [0.3, 0.4) is 0 Å². The molecule has 27 heavy (non-hydrogen) atoms. The maximum atomic E-state index is 12.4. The van der Waals surface area contributed by atoms with Crippen LogP contribution in [0.2, 0.25) is 0 Å². The number of aromatic amines is 1. The van der Waals surface area contributed by atoms with Crippen LogP contribution >= 0.6 is 0 Å². The van der Waals surface area contributed by atoms with Gasteiger partial charge in [0.05, 0.1) is 24.2 Å². The Morgan fingerprint density at radius 1 is 1.33 bits per heavy atom. The van der Waals surface area contributed by atoms with Crippen molar-refractivity contribution in [3.8, 4) is 0 Å². The van der Waals surface area contributed by atoms with Gasteiger partial charge in [-0.3, -0.25) is 4.90 Å². The number of ether oxygens (including phenoxy) is 1. The molecular formula is C20H31N5O2. The van der Waals surface area contributed by atoms with E-state index in [9.17, 15) is 4.79 Å². The van der Waals surface area contributed by atoms with E-state index in [1.54, 1.807) is 4.90 Å². The van der Waals surface area contributed by atoms with Gasteiger partial charge >= 0.3 is 6.03 Å². The number of aryl methyl sites for hydroxylation is 2. The first-order chi connectivity index (χ1) is 12.9. The molecule has 7 nitrogen and oxygen atoms in total. The number of amides is 2. The van der Waals surface area contributed by atoms with Crippen LogP contribution in [0, 0.1) is 13.8 Å². The van der Waals surface area contributed by atoms with E-state index in [2.05, 4.69) is 53.1 Å². The number of nitrogens with one attached hydrogen (secondary N) is 2. The Bertz CT molecular complexity index is 743. The largest absolute Gasteiger partial charge is 0.379 e. The first-order valence-corrected chi connectivity index (χ1v) is 9.70. The van der Waals surface area contributed by atoms with Crippen LogP contribution in [-0.4, -0.2) is 78.3 Å². The number of hydrogen-bond donors (Lipinski definition) is 2. The van der Waals surface area contributed by atoms with Crippen LogP contribution in [-0.2, 0) is 11.2 Å². The summed E-state index contributed by atoms with van der Waals surface area (Å²) in [6.45, 7) is 11.0. The number of urea groups is 1. The molecule has 1 unspecified atom stereocenters. The van der Waals surface area contributed by atoms with Gasteiger partial charge in [-0.15, -0.1) is 0 Å². The van der Waals surface area contributed by atoms with Gasteiger partial charge in [0, 0.05) is 45.7 Å². The fraction of sp³-hybridized carbons (Fsp3) is 0.600. The minimum atomic E-state index is -0.0436. The minimum absolute atomic E-state index is 0.0436. The van der Waals surface area contributed by atoms with Crippen molar-refractivity contribution >= 4 is 17.1 Å². The van der Waals surface area contributed by atoms with Gasteiger partial charge in [0.25, 0.3) is 0 Å². The van der Waals surface area contributed by atoms with Gasteiger partial charge in [0.15, 0.2) is 0 Å². The van der Waals surface area contributed by atoms with E-state index < -0.39 is 0 Å². The SMILES string of the molecule is Cc1cc2nc(CCNC(=O)N(C)CC(C)N3CCOCC3)[nH]c2cc1C. The van der Waals surface area contributed by atoms with Crippen LogP contribution in [0.5, 0.6) is 0 Å². The van der Waals surface area contributed by atoms with Crippen molar-refractivity contribution in [3.05, 3.63) is 29.1 Å². The normalized spacial score (nSPS) is 16.4. The number of benzene rings is 1. The highest BCUT2D eigenvalue weighted by atomic mass is 16.5. The van der Waals surface area contributed by atoms with Gasteiger partial charge in [-0.1, -0.05) is 0 Å². The van der Waals surface area contributed by atoms with E-state index in [4.69, 9.17) is 4.74 Å². The van der Waals surface area contributed by atoms with Crippen LogP contribution < -0.4 is 5.32 Å². The Kier molecular flexibility index (Phi) is 6.34. The van der Waals surface area contributed by atoms with Crippen LogP contribution in [0.25, 0.3) is 11.0 Å². The second-order valence-corrected chi connectivity index (χ2v) is 7.50. The van der Waals surface area contributed by atoms with Crippen molar-refractivity contribution in [3.63, 3.8) is 0 Å². The van der Waals surface area contributed by atoms with Crippen molar-refractivity contribution in [2.24, 2.45) is 0 Å². The first-order valence-electron chi connectivity index (χ1n) is 9.70. The minimum Gasteiger partial charge on any atom is -0.379 e. The van der Waals surface area contributed by atoms with Gasteiger partial charge in [0.2, 0.25) is 0 Å². The zero-order chi connectivity index (χ0) is 19.4. The fourth-order valence-electron chi connectivity index (χ4n) is 3.48. The Hall–Kier alpha value is -2.12. The van der Waals surface area contributed by atoms with Gasteiger partial charge in [-0.2, -0.15) is 0 Å². The molecule has 148 valence electrons. The molecule has 1 atom stereocenters. The maximum absolute atomic E-state index is 12.4. The number of hydrogen-bond acceptors (Lipinski definition) is 4. The smallest absolute Gasteiger partial charge is 0.317 e. The maximum Gasteiger partial charge on any atom is 0.317 e. The van der Waals surface area contributed by atoms with Crippen molar-refractivity contribution in [2.45, 2.75) is 33.2 Å². The summed E-state index contributed by atoms with van der Waals surface area (Å²) in [5.41, 5.74) is 4.53. The van der Waals surface area contributed by atoms with Crippen molar-refractivity contribution in [2.75, 3.05) is 46.4 Å². The molecule has 0 spiro atoms. The number of H-pyrrole nitrogens is 1. The van der Waals surface area contributed by atoms with Gasteiger partial charge < -0.3 is 19.9 Å². The van der Waals surface area contributed by atoms with E-state index in [1.807, 2.05) is 7.05 Å². The molecule has 2 heterocycles. The number of aromatic nitrogens is 2. The molecular weight excluding hydrogens is 342 g/mol. The van der Waals surface area contributed by atoms with Gasteiger partial charge in [-0.05, 0) is 44.0 Å². The van der Waals surface area contributed by atoms with E-state index in [0.717, 1.165) is 43.2 Å².